The molecule has 2 aromatic carbocycles. The van der Waals surface area contributed by atoms with Gasteiger partial charge in [-0.25, -0.2) is 0 Å². The molecule has 130 valence electrons. The highest BCUT2D eigenvalue weighted by Gasteiger charge is 2.12. The van der Waals surface area contributed by atoms with Gasteiger partial charge in [-0.2, -0.15) is 4.98 Å². The molecule has 0 spiro atoms. The van der Waals surface area contributed by atoms with Gasteiger partial charge in [0.15, 0.2) is 5.82 Å². The van der Waals surface area contributed by atoms with Crippen molar-refractivity contribution in [1.82, 2.24) is 10.1 Å². The molecule has 0 N–H and O–H groups in total. The lowest BCUT2D eigenvalue weighted by molar-refractivity contribution is 0.380. The molecule has 0 saturated heterocycles. The Morgan fingerprint density at radius 1 is 0.960 bits per heavy atom. The lowest BCUT2D eigenvalue weighted by Crippen LogP contribution is -2.02. The Balaban J connectivity index is 1.61. The van der Waals surface area contributed by atoms with Gasteiger partial charge < -0.3 is 4.52 Å². The topological polar surface area (TPSA) is 56.0 Å². The van der Waals surface area contributed by atoms with E-state index in [1.54, 1.807) is 0 Å². The van der Waals surface area contributed by atoms with E-state index in [4.69, 9.17) is 4.52 Å². The minimum Gasteiger partial charge on any atom is -0.339 e. The van der Waals surface area contributed by atoms with E-state index in [0.29, 0.717) is 29.6 Å². The summed E-state index contributed by atoms with van der Waals surface area (Å²) in [5.41, 5.74) is 5.89. The Kier molecular flexibility index (Phi) is 5.43. The summed E-state index contributed by atoms with van der Waals surface area (Å²) in [6.45, 7) is 6.20. The van der Waals surface area contributed by atoms with Crippen LogP contribution in [0.5, 0.6) is 0 Å². The Bertz CT molecular complexity index is 902. The van der Waals surface area contributed by atoms with Crippen molar-refractivity contribution in [3.63, 3.8) is 0 Å². The van der Waals surface area contributed by atoms with E-state index >= 15 is 0 Å². The smallest absolute Gasteiger partial charge is 0.231 e. The van der Waals surface area contributed by atoms with Gasteiger partial charge in [-0.3, -0.25) is 4.21 Å². The maximum Gasteiger partial charge on any atom is 0.231 e. The molecule has 1 heterocycles. The Hall–Kier alpha value is -2.27. The number of benzene rings is 2. The molecule has 0 aliphatic heterocycles. The van der Waals surface area contributed by atoms with Crippen LogP contribution in [0.2, 0.25) is 0 Å². The van der Waals surface area contributed by atoms with Crippen LogP contribution < -0.4 is 0 Å². The second kappa shape index (κ2) is 7.74. The zero-order valence-corrected chi connectivity index (χ0v) is 15.6. The highest BCUT2D eigenvalue weighted by Crippen LogP contribution is 2.15. The van der Waals surface area contributed by atoms with Gasteiger partial charge >= 0.3 is 0 Å². The number of nitrogens with zero attached hydrogens (tertiary/aromatic N) is 2. The van der Waals surface area contributed by atoms with Gasteiger partial charge in [0.2, 0.25) is 5.89 Å². The van der Waals surface area contributed by atoms with Crippen molar-refractivity contribution < 1.29 is 8.73 Å². The number of hydrogen-bond donors (Lipinski definition) is 0. The molecule has 1 aromatic heterocycles. The highest BCUT2D eigenvalue weighted by molar-refractivity contribution is 7.83. The Morgan fingerprint density at radius 3 is 2.52 bits per heavy atom. The molecular formula is C20H22N2O2S. The van der Waals surface area contributed by atoms with Crippen molar-refractivity contribution in [2.75, 3.05) is 0 Å². The summed E-state index contributed by atoms with van der Waals surface area (Å²) in [5.74, 6) is 1.88. The third-order valence-electron chi connectivity index (χ3n) is 4.30. The van der Waals surface area contributed by atoms with E-state index < -0.39 is 10.8 Å². The summed E-state index contributed by atoms with van der Waals surface area (Å²) in [7, 11) is -1.06. The molecule has 1 atom stereocenters. The lowest BCUT2D eigenvalue weighted by Gasteiger charge is -2.04. The van der Waals surface area contributed by atoms with E-state index in [1.165, 1.54) is 16.7 Å². The Labute approximate surface area is 150 Å². The quantitative estimate of drug-likeness (QED) is 0.670. The van der Waals surface area contributed by atoms with Crippen LogP contribution in [-0.2, 0) is 28.7 Å². The number of aryl methyl sites for hydroxylation is 3. The van der Waals surface area contributed by atoms with Crippen LogP contribution in [0.3, 0.4) is 0 Å². The maximum absolute atomic E-state index is 12.4. The fourth-order valence-electron chi connectivity index (χ4n) is 2.67. The first-order valence-electron chi connectivity index (χ1n) is 8.28. The molecule has 0 bridgehead atoms. The molecule has 0 saturated carbocycles. The number of aromatic nitrogens is 2. The average molecular weight is 354 g/mol. The van der Waals surface area contributed by atoms with Gasteiger partial charge in [0.05, 0.1) is 12.2 Å². The van der Waals surface area contributed by atoms with Crippen LogP contribution in [0.4, 0.5) is 0 Å². The fraction of sp³-hybridized carbons (Fsp3) is 0.300. The van der Waals surface area contributed by atoms with Crippen LogP contribution in [0, 0.1) is 20.8 Å². The second-order valence-corrected chi connectivity index (χ2v) is 7.81. The minimum atomic E-state index is -1.06. The van der Waals surface area contributed by atoms with Crippen molar-refractivity contribution in [2.24, 2.45) is 0 Å². The molecule has 4 nitrogen and oxygen atoms in total. The number of rotatable bonds is 6. The van der Waals surface area contributed by atoms with Crippen molar-refractivity contribution in [1.29, 1.82) is 0 Å². The highest BCUT2D eigenvalue weighted by atomic mass is 32.2. The minimum absolute atomic E-state index is 0.310. The largest absolute Gasteiger partial charge is 0.339 e. The molecular weight excluding hydrogens is 332 g/mol. The van der Waals surface area contributed by atoms with Crippen LogP contribution in [-0.4, -0.2) is 14.3 Å². The van der Waals surface area contributed by atoms with Gasteiger partial charge in [-0.05, 0) is 48.6 Å². The van der Waals surface area contributed by atoms with Gasteiger partial charge in [0, 0.05) is 16.6 Å². The van der Waals surface area contributed by atoms with Gasteiger partial charge in [0.25, 0.3) is 0 Å². The normalized spacial score (nSPS) is 12.3. The van der Waals surface area contributed by atoms with E-state index in [-0.39, 0.29) is 0 Å². The zero-order chi connectivity index (χ0) is 17.8. The third-order valence-corrected chi connectivity index (χ3v) is 5.54. The van der Waals surface area contributed by atoms with Gasteiger partial charge in [0.1, 0.15) is 0 Å². The standard InChI is InChI=1S/C20H22N2O2S/c1-14-8-9-17(10-16(14)3)12-25(23)13-19-21-20(24-22-19)11-18-7-5-4-6-15(18)2/h4-10H,11-13H2,1-3H3. The molecule has 0 fully saturated rings. The van der Waals surface area contributed by atoms with Crippen molar-refractivity contribution >= 4 is 10.8 Å². The first-order valence-corrected chi connectivity index (χ1v) is 9.77. The van der Waals surface area contributed by atoms with E-state index in [2.05, 4.69) is 55.2 Å². The van der Waals surface area contributed by atoms with Crippen molar-refractivity contribution in [3.8, 4) is 0 Å². The average Bonchev–Trinajstić information content (AvgIpc) is 3.00. The first-order chi connectivity index (χ1) is 12.0. The monoisotopic (exact) mass is 354 g/mol. The summed E-state index contributed by atoms with van der Waals surface area (Å²) in [6.07, 6.45) is 0.601. The summed E-state index contributed by atoms with van der Waals surface area (Å²) >= 11 is 0. The molecule has 3 aromatic rings. The summed E-state index contributed by atoms with van der Waals surface area (Å²) in [4.78, 5) is 4.39. The lowest BCUT2D eigenvalue weighted by atomic mass is 10.1. The fourth-order valence-corrected chi connectivity index (χ4v) is 3.72. The van der Waals surface area contributed by atoms with E-state index in [9.17, 15) is 4.21 Å². The number of hydrogen-bond acceptors (Lipinski definition) is 4. The van der Waals surface area contributed by atoms with Crippen LogP contribution >= 0.6 is 0 Å². The summed E-state index contributed by atoms with van der Waals surface area (Å²) < 4.78 is 17.7. The van der Waals surface area contributed by atoms with E-state index in [0.717, 1.165) is 11.1 Å². The molecule has 25 heavy (non-hydrogen) atoms. The first kappa shape index (κ1) is 17.5. The third kappa shape index (κ3) is 4.63. The SMILES string of the molecule is Cc1ccc(CS(=O)Cc2noc(Cc3ccccc3C)n2)cc1C. The molecule has 5 heteroatoms. The summed E-state index contributed by atoms with van der Waals surface area (Å²) in [6, 6.07) is 14.3. The van der Waals surface area contributed by atoms with Crippen LogP contribution in [0.25, 0.3) is 0 Å². The zero-order valence-electron chi connectivity index (χ0n) is 14.8. The van der Waals surface area contributed by atoms with Crippen molar-refractivity contribution in [3.05, 3.63) is 82.0 Å². The van der Waals surface area contributed by atoms with Crippen LogP contribution in [0.1, 0.15) is 39.5 Å². The van der Waals surface area contributed by atoms with Crippen molar-refractivity contribution in [2.45, 2.75) is 38.7 Å². The maximum atomic E-state index is 12.4. The molecule has 0 amide bonds. The molecule has 0 aliphatic rings. The second-order valence-electron chi connectivity index (χ2n) is 6.35. The molecule has 1 unspecified atom stereocenters. The molecule has 0 radical (unpaired) electrons. The van der Waals surface area contributed by atoms with Gasteiger partial charge in [-0.15, -0.1) is 0 Å². The molecule has 3 rings (SSSR count). The van der Waals surface area contributed by atoms with Gasteiger partial charge in [-0.1, -0.05) is 47.6 Å². The van der Waals surface area contributed by atoms with E-state index in [1.807, 2.05) is 18.2 Å². The predicted octanol–water partition coefficient (Wildman–Crippen LogP) is 4.03. The van der Waals surface area contributed by atoms with Crippen LogP contribution in [0.15, 0.2) is 47.0 Å². The molecule has 0 aliphatic carbocycles. The Morgan fingerprint density at radius 2 is 1.76 bits per heavy atom. The predicted molar refractivity (Wildman–Crippen MR) is 99.7 cm³/mol. The summed E-state index contributed by atoms with van der Waals surface area (Å²) in [5, 5.41) is 3.98.